The van der Waals surface area contributed by atoms with E-state index in [4.69, 9.17) is 14.2 Å². The largest absolute Gasteiger partial charge is 0.573 e. The normalized spacial score (nSPS) is 11.6. The van der Waals surface area contributed by atoms with Crippen LogP contribution in [-0.4, -0.2) is 25.5 Å². The van der Waals surface area contributed by atoms with Crippen molar-refractivity contribution in [2.75, 3.05) is 13.2 Å². The van der Waals surface area contributed by atoms with Crippen molar-refractivity contribution in [2.24, 2.45) is 0 Å². The Kier molecular flexibility index (Phi) is 7.94. The Morgan fingerprint density at radius 1 is 0.800 bits per heavy atom. The minimum atomic E-state index is -4.76. The molecule has 0 atom stereocenters. The van der Waals surface area contributed by atoms with Gasteiger partial charge in [-0.2, -0.15) is 0 Å². The van der Waals surface area contributed by atoms with Crippen LogP contribution in [0.2, 0.25) is 0 Å². The van der Waals surface area contributed by atoms with Crippen LogP contribution < -0.4 is 14.2 Å². The minimum absolute atomic E-state index is 0.0195. The summed E-state index contributed by atoms with van der Waals surface area (Å²) in [5.41, 5.74) is 2.44. The summed E-state index contributed by atoms with van der Waals surface area (Å²) in [6, 6.07) is 18.2. The van der Waals surface area contributed by atoms with E-state index in [1.807, 2.05) is 24.3 Å². The van der Waals surface area contributed by atoms with Gasteiger partial charge in [0.1, 0.15) is 11.5 Å². The van der Waals surface area contributed by atoms with Crippen LogP contribution in [0.25, 0.3) is 11.1 Å². The fraction of sp³-hybridized carbons (Fsp3) is 0.296. The summed E-state index contributed by atoms with van der Waals surface area (Å²) in [4.78, 5) is 11.8. The third-order valence-electron chi connectivity index (χ3n) is 4.96. The standard InChI is InChI=1S/C27H27F3O5/c1-5-32-25(31)17-33-23-15-8-19(18-6-11-22(12-7-18)35-27(28,29)30)16-24(23)34-21-13-9-20(10-14-21)26(2,3)4/h6-16H,5,17H2,1-4H3. The molecule has 3 aromatic rings. The molecular formula is C27H27F3O5. The van der Waals surface area contributed by atoms with E-state index in [-0.39, 0.29) is 24.4 Å². The smallest absolute Gasteiger partial charge is 0.478 e. The number of carbonyl (C=O) groups excluding carboxylic acids is 1. The molecule has 8 heteroatoms. The van der Waals surface area contributed by atoms with Gasteiger partial charge in [0.2, 0.25) is 0 Å². The van der Waals surface area contributed by atoms with E-state index < -0.39 is 12.3 Å². The summed E-state index contributed by atoms with van der Waals surface area (Å²) in [6.45, 7) is 7.97. The lowest BCUT2D eigenvalue weighted by Crippen LogP contribution is -2.16. The van der Waals surface area contributed by atoms with Gasteiger partial charge in [-0.1, -0.05) is 51.1 Å². The molecule has 0 saturated carbocycles. The molecule has 0 heterocycles. The summed E-state index contributed by atoms with van der Waals surface area (Å²) >= 11 is 0. The molecule has 0 aromatic heterocycles. The summed E-state index contributed by atoms with van der Waals surface area (Å²) in [5.74, 6) is 0.387. The Labute approximate surface area is 202 Å². The van der Waals surface area contributed by atoms with Crippen LogP contribution in [0.1, 0.15) is 33.3 Å². The third kappa shape index (κ3) is 7.67. The molecule has 0 bridgehead atoms. The van der Waals surface area contributed by atoms with Crippen LogP contribution in [0.5, 0.6) is 23.0 Å². The van der Waals surface area contributed by atoms with Crippen LogP contribution in [0.3, 0.4) is 0 Å². The zero-order chi connectivity index (χ0) is 25.6. The van der Waals surface area contributed by atoms with Crippen LogP contribution in [0.15, 0.2) is 66.7 Å². The lowest BCUT2D eigenvalue weighted by atomic mass is 9.87. The minimum Gasteiger partial charge on any atom is -0.478 e. The number of hydrogen-bond donors (Lipinski definition) is 0. The highest BCUT2D eigenvalue weighted by Gasteiger charge is 2.31. The fourth-order valence-electron chi connectivity index (χ4n) is 3.22. The van der Waals surface area contributed by atoms with Gasteiger partial charge < -0.3 is 18.9 Å². The highest BCUT2D eigenvalue weighted by atomic mass is 19.4. The first-order valence-electron chi connectivity index (χ1n) is 11.0. The number of benzene rings is 3. The molecule has 3 aromatic carbocycles. The molecule has 0 N–H and O–H groups in total. The molecule has 0 aliphatic rings. The molecule has 5 nitrogen and oxygen atoms in total. The predicted molar refractivity (Wildman–Crippen MR) is 126 cm³/mol. The maximum atomic E-state index is 12.5. The molecule has 0 spiro atoms. The van der Waals surface area contributed by atoms with Crippen LogP contribution >= 0.6 is 0 Å². The van der Waals surface area contributed by atoms with Crippen LogP contribution in [0, 0.1) is 0 Å². The molecule has 3 rings (SSSR count). The van der Waals surface area contributed by atoms with E-state index in [2.05, 4.69) is 25.5 Å². The van der Waals surface area contributed by atoms with Gasteiger partial charge >= 0.3 is 12.3 Å². The van der Waals surface area contributed by atoms with Crippen molar-refractivity contribution in [1.82, 2.24) is 0 Å². The van der Waals surface area contributed by atoms with Gasteiger partial charge in [-0.25, -0.2) is 4.79 Å². The number of carbonyl (C=O) groups is 1. The van der Waals surface area contributed by atoms with Crippen molar-refractivity contribution in [3.63, 3.8) is 0 Å². The first-order valence-corrected chi connectivity index (χ1v) is 11.0. The summed E-state index contributed by atoms with van der Waals surface area (Å²) < 4.78 is 57.9. The Balaban J connectivity index is 1.89. The van der Waals surface area contributed by atoms with E-state index in [0.29, 0.717) is 28.4 Å². The molecule has 0 radical (unpaired) electrons. The van der Waals surface area contributed by atoms with E-state index in [1.54, 1.807) is 25.1 Å². The van der Waals surface area contributed by atoms with Crippen molar-refractivity contribution in [3.8, 4) is 34.1 Å². The lowest BCUT2D eigenvalue weighted by molar-refractivity contribution is -0.274. The van der Waals surface area contributed by atoms with Gasteiger partial charge in [-0.15, -0.1) is 13.2 Å². The zero-order valence-electron chi connectivity index (χ0n) is 19.9. The molecule has 0 aliphatic carbocycles. The fourth-order valence-corrected chi connectivity index (χ4v) is 3.22. The molecule has 0 amide bonds. The highest BCUT2D eigenvalue weighted by molar-refractivity contribution is 5.72. The first-order chi connectivity index (χ1) is 16.4. The van der Waals surface area contributed by atoms with Gasteiger partial charge in [0.05, 0.1) is 6.61 Å². The first kappa shape index (κ1) is 25.9. The number of rotatable bonds is 8. The van der Waals surface area contributed by atoms with Crippen molar-refractivity contribution < 1.29 is 36.9 Å². The Morgan fingerprint density at radius 3 is 1.97 bits per heavy atom. The predicted octanol–water partition coefficient (Wildman–Crippen LogP) is 7.28. The Morgan fingerprint density at radius 2 is 1.40 bits per heavy atom. The maximum absolute atomic E-state index is 12.5. The Bertz CT molecular complexity index is 1130. The van der Waals surface area contributed by atoms with Gasteiger partial charge in [-0.05, 0) is 65.4 Å². The molecule has 0 fully saturated rings. The monoisotopic (exact) mass is 488 g/mol. The van der Waals surface area contributed by atoms with Crippen molar-refractivity contribution in [1.29, 1.82) is 0 Å². The number of alkyl halides is 3. The number of esters is 1. The summed E-state index contributed by atoms with van der Waals surface area (Å²) in [6.07, 6.45) is -4.76. The Hall–Kier alpha value is -3.68. The molecule has 0 saturated heterocycles. The molecule has 0 unspecified atom stereocenters. The average Bonchev–Trinajstić information content (AvgIpc) is 2.78. The van der Waals surface area contributed by atoms with Gasteiger partial charge in [-0.3, -0.25) is 0 Å². The second-order valence-corrected chi connectivity index (χ2v) is 8.70. The van der Waals surface area contributed by atoms with Gasteiger partial charge in [0.25, 0.3) is 0 Å². The van der Waals surface area contributed by atoms with E-state index in [0.717, 1.165) is 5.56 Å². The van der Waals surface area contributed by atoms with E-state index in [1.165, 1.54) is 24.3 Å². The maximum Gasteiger partial charge on any atom is 0.573 e. The van der Waals surface area contributed by atoms with Crippen LogP contribution in [-0.2, 0) is 14.9 Å². The molecule has 186 valence electrons. The topological polar surface area (TPSA) is 54.0 Å². The number of hydrogen-bond acceptors (Lipinski definition) is 5. The highest BCUT2D eigenvalue weighted by Crippen LogP contribution is 2.37. The molecule has 35 heavy (non-hydrogen) atoms. The van der Waals surface area contributed by atoms with Crippen molar-refractivity contribution in [3.05, 3.63) is 72.3 Å². The second kappa shape index (κ2) is 10.7. The quantitative estimate of drug-likeness (QED) is 0.312. The van der Waals surface area contributed by atoms with E-state index in [9.17, 15) is 18.0 Å². The zero-order valence-corrected chi connectivity index (χ0v) is 19.9. The lowest BCUT2D eigenvalue weighted by Gasteiger charge is -2.19. The molecule has 0 aliphatic heterocycles. The molecular weight excluding hydrogens is 461 g/mol. The van der Waals surface area contributed by atoms with Crippen molar-refractivity contribution in [2.45, 2.75) is 39.5 Å². The SMILES string of the molecule is CCOC(=O)COc1ccc(-c2ccc(OC(F)(F)F)cc2)cc1Oc1ccc(C(C)(C)C)cc1. The van der Waals surface area contributed by atoms with Gasteiger partial charge in [0, 0.05) is 0 Å². The number of ether oxygens (including phenoxy) is 4. The summed E-state index contributed by atoms with van der Waals surface area (Å²) in [7, 11) is 0. The van der Waals surface area contributed by atoms with E-state index >= 15 is 0 Å². The second-order valence-electron chi connectivity index (χ2n) is 8.70. The van der Waals surface area contributed by atoms with Crippen molar-refractivity contribution >= 4 is 5.97 Å². The number of halogens is 3. The van der Waals surface area contributed by atoms with Gasteiger partial charge in [0.15, 0.2) is 18.1 Å². The third-order valence-corrected chi connectivity index (χ3v) is 4.96. The van der Waals surface area contributed by atoms with Crippen LogP contribution in [0.4, 0.5) is 13.2 Å². The summed E-state index contributed by atoms with van der Waals surface area (Å²) in [5, 5.41) is 0. The average molecular weight is 489 g/mol.